The van der Waals surface area contributed by atoms with Gasteiger partial charge in [-0.3, -0.25) is 14.5 Å². The molecule has 0 bridgehead atoms. The number of carbonyl (C=O) groups is 3. The van der Waals surface area contributed by atoms with Crippen molar-refractivity contribution in [3.63, 3.8) is 0 Å². The number of hydrogen-bond donors (Lipinski definition) is 1. The molecule has 0 radical (unpaired) electrons. The van der Waals surface area contributed by atoms with Gasteiger partial charge in [0.05, 0.1) is 17.7 Å². The minimum atomic E-state index is -1.04. The lowest BCUT2D eigenvalue weighted by Gasteiger charge is -2.15. The molecule has 0 saturated carbocycles. The maximum Gasteiger partial charge on any atom is 0.335 e. The second-order valence-corrected chi connectivity index (χ2v) is 5.63. The molecule has 1 aliphatic heterocycles. The van der Waals surface area contributed by atoms with E-state index in [1.165, 1.54) is 12.1 Å². The van der Waals surface area contributed by atoms with Crippen molar-refractivity contribution in [2.45, 2.75) is 6.54 Å². The zero-order valence-electron chi connectivity index (χ0n) is 12.4. The van der Waals surface area contributed by atoms with Gasteiger partial charge in [0.25, 0.3) is 11.8 Å². The number of nitrogens with zero attached hydrogens (tertiary/aromatic N) is 1. The molecule has 0 unspecified atom stereocenters. The van der Waals surface area contributed by atoms with Crippen LogP contribution in [0.5, 0.6) is 0 Å². The normalized spacial score (nSPS) is 14.5. The molecule has 24 heavy (non-hydrogen) atoms. The first-order valence-electron chi connectivity index (χ1n) is 7.12. The van der Waals surface area contributed by atoms with E-state index in [9.17, 15) is 14.4 Å². The summed E-state index contributed by atoms with van der Waals surface area (Å²) in [4.78, 5) is 36.8. The SMILES string of the molecule is O=C(O)c1ccc(CN2C(=O)C(Cl)=C(c3ccccc3)C2=O)cc1. The predicted octanol–water partition coefficient (Wildman–Crippen LogP) is 2.90. The van der Waals surface area contributed by atoms with Crippen molar-refractivity contribution in [3.8, 4) is 0 Å². The smallest absolute Gasteiger partial charge is 0.335 e. The number of amides is 2. The second kappa shape index (κ2) is 6.29. The number of carboxylic acids is 1. The van der Waals surface area contributed by atoms with Crippen molar-refractivity contribution in [3.05, 3.63) is 76.3 Å². The van der Waals surface area contributed by atoms with Crippen molar-refractivity contribution in [2.75, 3.05) is 0 Å². The van der Waals surface area contributed by atoms with E-state index in [1.807, 2.05) is 0 Å². The first kappa shape index (κ1) is 16.0. The largest absolute Gasteiger partial charge is 0.478 e. The highest BCUT2D eigenvalue weighted by Crippen LogP contribution is 2.32. The predicted molar refractivity (Wildman–Crippen MR) is 88.2 cm³/mol. The van der Waals surface area contributed by atoms with Crippen molar-refractivity contribution in [2.24, 2.45) is 0 Å². The molecule has 6 heteroatoms. The Morgan fingerprint density at radius 2 is 1.58 bits per heavy atom. The Hall–Kier alpha value is -2.92. The van der Waals surface area contributed by atoms with E-state index < -0.39 is 17.8 Å². The van der Waals surface area contributed by atoms with E-state index in [-0.39, 0.29) is 22.7 Å². The van der Waals surface area contributed by atoms with E-state index in [1.54, 1.807) is 42.5 Å². The highest BCUT2D eigenvalue weighted by Gasteiger charge is 2.37. The monoisotopic (exact) mass is 341 g/mol. The highest BCUT2D eigenvalue weighted by molar-refractivity contribution is 6.55. The number of aromatic carboxylic acids is 1. The number of hydrogen-bond acceptors (Lipinski definition) is 3. The Balaban J connectivity index is 1.85. The summed E-state index contributed by atoms with van der Waals surface area (Å²) < 4.78 is 0. The van der Waals surface area contributed by atoms with Crippen LogP contribution in [0.25, 0.3) is 5.57 Å². The molecule has 0 aliphatic carbocycles. The van der Waals surface area contributed by atoms with Crippen molar-refractivity contribution in [1.82, 2.24) is 4.90 Å². The molecule has 2 aromatic rings. The lowest BCUT2D eigenvalue weighted by molar-refractivity contribution is -0.137. The average molecular weight is 342 g/mol. The topological polar surface area (TPSA) is 74.7 Å². The number of halogens is 1. The number of rotatable bonds is 4. The van der Waals surface area contributed by atoms with Crippen molar-refractivity contribution < 1.29 is 19.5 Å². The van der Waals surface area contributed by atoms with Gasteiger partial charge in [-0.1, -0.05) is 54.1 Å². The van der Waals surface area contributed by atoms with Gasteiger partial charge in [-0.2, -0.15) is 0 Å². The Morgan fingerprint density at radius 3 is 2.17 bits per heavy atom. The summed E-state index contributed by atoms with van der Waals surface area (Å²) in [5, 5.41) is 8.79. The number of imide groups is 1. The third kappa shape index (κ3) is 2.81. The molecule has 1 heterocycles. The summed E-state index contributed by atoms with van der Waals surface area (Å²) in [6.45, 7) is 0.0319. The van der Waals surface area contributed by atoms with E-state index in [4.69, 9.17) is 16.7 Å². The van der Waals surface area contributed by atoms with Gasteiger partial charge in [0.2, 0.25) is 0 Å². The fourth-order valence-electron chi connectivity index (χ4n) is 2.48. The Labute approximate surface area is 142 Å². The Morgan fingerprint density at radius 1 is 0.958 bits per heavy atom. The van der Waals surface area contributed by atoms with Gasteiger partial charge >= 0.3 is 5.97 Å². The quantitative estimate of drug-likeness (QED) is 0.868. The summed E-state index contributed by atoms with van der Waals surface area (Å²) in [5.74, 6) is -2.05. The molecule has 5 nitrogen and oxygen atoms in total. The summed E-state index contributed by atoms with van der Waals surface area (Å²) in [5.41, 5.74) is 1.55. The van der Waals surface area contributed by atoms with Crippen LogP contribution in [-0.4, -0.2) is 27.8 Å². The first-order valence-corrected chi connectivity index (χ1v) is 7.50. The molecule has 0 spiro atoms. The Kier molecular flexibility index (Phi) is 4.18. The maximum absolute atomic E-state index is 12.6. The van der Waals surface area contributed by atoms with Crippen molar-refractivity contribution >= 4 is 35.0 Å². The molecule has 2 amide bonds. The molecule has 0 saturated heterocycles. The molecule has 120 valence electrons. The molecule has 0 atom stereocenters. The van der Waals surface area contributed by atoms with E-state index in [2.05, 4.69) is 0 Å². The molecule has 1 N–H and O–H groups in total. The van der Waals surface area contributed by atoms with Gasteiger partial charge in [0.1, 0.15) is 5.03 Å². The fraction of sp³-hybridized carbons (Fsp3) is 0.0556. The molecule has 0 aromatic heterocycles. The van der Waals surface area contributed by atoms with Crippen LogP contribution in [0.1, 0.15) is 21.5 Å². The summed E-state index contributed by atoms with van der Waals surface area (Å²) in [6, 6.07) is 14.8. The standard InChI is InChI=1S/C18H12ClNO4/c19-15-14(12-4-2-1-3-5-12)16(21)20(17(15)22)10-11-6-8-13(9-7-11)18(23)24/h1-9H,10H2,(H,23,24). The molecule has 3 rings (SSSR count). The molecule has 0 fully saturated rings. The minimum Gasteiger partial charge on any atom is -0.478 e. The zero-order valence-corrected chi connectivity index (χ0v) is 13.2. The fourth-order valence-corrected chi connectivity index (χ4v) is 2.77. The van der Waals surface area contributed by atoms with Crippen LogP contribution in [0.2, 0.25) is 0 Å². The number of carbonyl (C=O) groups excluding carboxylic acids is 2. The molecule has 1 aliphatic rings. The van der Waals surface area contributed by atoms with E-state index in [0.717, 1.165) is 4.90 Å². The lowest BCUT2D eigenvalue weighted by atomic mass is 10.1. The van der Waals surface area contributed by atoms with Gasteiger partial charge in [-0.15, -0.1) is 0 Å². The van der Waals surface area contributed by atoms with Crippen LogP contribution in [-0.2, 0) is 16.1 Å². The third-order valence-corrected chi connectivity index (χ3v) is 4.07. The summed E-state index contributed by atoms with van der Waals surface area (Å²) in [7, 11) is 0. The summed E-state index contributed by atoms with van der Waals surface area (Å²) in [6.07, 6.45) is 0. The number of carboxylic acid groups (broad SMARTS) is 1. The van der Waals surface area contributed by atoms with Crippen LogP contribution in [0, 0.1) is 0 Å². The zero-order chi connectivity index (χ0) is 17.3. The van der Waals surface area contributed by atoms with Crippen LogP contribution < -0.4 is 0 Å². The highest BCUT2D eigenvalue weighted by atomic mass is 35.5. The lowest BCUT2D eigenvalue weighted by Crippen LogP contribution is -2.30. The maximum atomic E-state index is 12.6. The van der Waals surface area contributed by atoms with Crippen LogP contribution in [0.3, 0.4) is 0 Å². The first-order chi connectivity index (χ1) is 11.5. The van der Waals surface area contributed by atoms with Gasteiger partial charge in [0.15, 0.2) is 0 Å². The van der Waals surface area contributed by atoms with Crippen LogP contribution in [0.15, 0.2) is 59.6 Å². The summed E-state index contributed by atoms with van der Waals surface area (Å²) >= 11 is 6.08. The van der Waals surface area contributed by atoms with E-state index in [0.29, 0.717) is 11.1 Å². The van der Waals surface area contributed by atoms with Gasteiger partial charge in [0, 0.05) is 0 Å². The van der Waals surface area contributed by atoms with Gasteiger partial charge < -0.3 is 5.11 Å². The molecule has 2 aromatic carbocycles. The van der Waals surface area contributed by atoms with Gasteiger partial charge in [-0.25, -0.2) is 4.79 Å². The van der Waals surface area contributed by atoms with Crippen LogP contribution >= 0.6 is 11.6 Å². The third-order valence-electron chi connectivity index (χ3n) is 3.72. The average Bonchev–Trinajstić information content (AvgIpc) is 2.80. The van der Waals surface area contributed by atoms with Crippen molar-refractivity contribution in [1.29, 1.82) is 0 Å². The molecular weight excluding hydrogens is 330 g/mol. The van der Waals surface area contributed by atoms with Gasteiger partial charge in [-0.05, 0) is 23.3 Å². The van der Waals surface area contributed by atoms with Crippen LogP contribution in [0.4, 0.5) is 0 Å². The Bertz CT molecular complexity index is 856. The van der Waals surface area contributed by atoms with E-state index >= 15 is 0 Å². The second-order valence-electron chi connectivity index (χ2n) is 5.25. The molecular formula is C18H12ClNO4. The number of benzene rings is 2. The minimum absolute atomic E-state index is 0.0319.